The first-order valence-electron chi connectivity index (χ1n) is 12.0. The molecule has 0 aliphatic rings. The Labute approximate surface area is 223 Å². The van der Waals surface area contributed by atoms with Crippen LogP contribution in [0.2, 0.25) is 0 Å². The van der Waals surface area contributed by atoms with Crippen LogP contribution in [0.5, 0.6) is 5.75 Å². The van der Waals surface area contributed by atoms with E-state index in [0.717, 1.165) is 33.9 Å². The van der Waals surface area contributed by atoms with Crippen molar-refractivity contribution >= 4 is 44.9 Å². The second kappa shape index (κ2) is 11.1. The molecule has 7 nitrogen and oxygen atoms in total. The van der Waals surface area contributed by atoms with Crippen molar-refractivity contribution < 1.29 is 9.53 Å². The molecule has 0 radical (unpaired) electrons. The Morgan fingerprint density at radius 2 is 1.84 bits per heavy atom. The van der Waals surface area contributed by atoms with Crippen LogP contribution in [-0.2, 0) is 24.9 Å². The molecule has 0 saturated heterocycles. The zero-order valence-electron chi connectivity index (χ0n) is 20.9. The van der Waals surface area contributed by atoms with Crippen LogP contribution in [-0.4, -0.2) is 31.4 Å². The molecular weight excluding hydrogens is 502 g/mol. The highest BCUT2D eigenvalue weighted by atomic mass is 32.2. The van der Waals surface area contributed by atoms with Gasteiger partial charge in [0.15, 0.2) is 11.0 Å². The molecule has 3 aromatic carbocycles. The van der Waals surface area contributed by atoms with Gasteiger partial charge >= 0.3 is 0 Å². The fraction of sp³-hybridized carbons (Fsp3) is 0.214. The van der Waals surface area contributed by atoms with Gasteiger partial charge in [0, 0.05) is 18.3 Å². The Bertz CT molecular complexity index is 1530. The number of benzene rings is 3. The molecule has 0 unspecified atom stereocenters. The number of thioether (sulfide) groups is 1. The van der Waals surface area contributed by atoms with Crippen molar-refractivity contribution in [3.63, 3.8) is 0 Å². The van der Waals surface area contributed by atoms with Crippen molar-refractivity contribution in [1.82, 2.24) is 19.7 Å². The number of carbonyl (C=O) groups is 1. The van der Waals surface area contributed by atoms with E-state index in [1.54, 1.807) is 11.3 Å². The average molecular weight is 530 g/mol. The summed E-state index contributed by atoms with van der Waals surface area (Å²) in [5.74, 6) is 1.61. The molecule has 0 aliphatic heterocycles. The molecule has 0 spiro atoms. The van der Waals surface area contributed by atoms with Gasteiger partial charge in [0.2, 0.25) is 5.91 Å². The summed E-state index contributed by atoms with van der Waals surface area (Å²) in [6.45, 7) is 4.51. The number of amides is 1. The number of ether oxygens (including phenoxy) is 1. The normalized spacial score (nSPS) is 11.1. The molecule has 0 saturated carbocycles. The van der Waals surface area contributed by atoms with Crippen LogP contribution in [0.25, 0.3) is 20.8 Å². The quantitative estimate of drug-likeness (QED) is 0.227. The second-order valence-electron chi connectivity index (χ2n) is 8.65. The summed E-state index contributed by atoms with van der Waals surface area (Å²) in [5, 5.41) is 13.0. The maximum Gasteiger partial charge on any atom is 0.234 e. The van der Waals surface area contributed by atoms with Crippen LogP contribution < -0.4 is 10.1 Å². The minimum absolute atomic E-state index is 0.106. The summed E-state index contributed by atoms with van der Waals surface area (Å²) in [6, 6.07) is 22.1. The maximum atomic E-state index is 12.5. The third kappa shape index (κ3) is 6.00. The van der Waals surface area contributed by atoms with Crippen LogP contribution in [0.15, 0.2) is 71.9 Å². The summed E-state index contributed by atoms with van der Waals surface area (Å²) < 4.78 is 8.87. The third-order valence-electron chi connectivity index (χ3n) is 5.92. The van der Waals surface area contributed by atoms with Gasteiger partial charge < -0.3 is 14.6 Å². The van der Waals surface area contributed by atoms with Gasteiger partial charge in [0.1, 0.15) is 17.4 Å². The SMILES string of the molecule is CCc1ccc(OCc2nnc(SCC(=O)Nc3ccc(-c4nc5ccc(C)cc5s4)cc3)n2C)cc1. The molecule has 188 valence electrons. The molecule has 1 amide bonds. The van der Waals surface area contributed by atoms with Gasteiger partial charge in [0.25, 0.3) is 0 Å². The van der Waals surface area contributed by atoms with E-state index >= 15 is 0 Å². The van der Waals surface area contributed by atoms with Crippen molar-refractivity contribution in [2.45, 2.75) is 32.0 Å². The van der Waals surface area contributed by atoms with Crippen LogP contribution in [0.1, 0.15) is 23.9 Å². The lowest BCUT2D eigenvalue weighted by atomic mass is 10.2. The number of aromatic nitrogens is 4. The highest BCUT2D eigenvalue weighted by Crippen LogP contribution is 2.31. The first-order valence-corrected chi connectivity index (χ1v) is 13.8. The lowest BCUT2D eigenvalue weighted by molar-refractivity contribution is -0.113. The number of fused-ring (bicyclic) bond motifs is 1. The molecule has 0 bridgehead atoms. The van der Waals surface area contributed by atoms with Crippen molar-refractivity contribution in [2.75, 3.05) is 11.1 Å². The van der Waals surface area contributed by atoms with Gasteiger partial charge in [-0.3, -0.25) is 4.79 Å². The van der Waals surface area contributed by atoms with Crippen molar-refractivity contribution in [3.8, 4) is 16.3 Å². The first-order chi connectivity index (χ1) is 18.0. The van der Waals surface area contributed by atoms with E-state index in [-0.39, 0.29) is 11.7 Å². The lowest BCUT2D eigenvalue weighted by Crippen LogP contribution is -2.14. The van der Waals surface area contributed by atoms with Crippen LogP contribution in [0.4, 0.5) is 5.69 Å². The summed E-state index contributed by atoms with van der Waals surface area (Å²) in [6.07, 6.45) is 0.993. The summed E-state index contributed by atoms with van der Waals surface area (Å²) >= 11 is 3.01. The Hall–Kier alpha value is -3.69. The topological polar surface area (TPSA) is 81.9 Å². The van der Waals surface area contributed by atoms with E-state index in [2.05, 4.69) is 59.7 Å². The minimum atomic E-state index is -0.106. The highest BCUT2D eigenvalue weighted by molar-refractivity contribution is 7.99. The van der Waals surface area contributed by atoms with E-state index in [1.807, 2.05) is 48.0 Å². The number of thiazole rings is 1. The van der Waals surface area contributed by atoms with E-state index in [4.69, 9.17) is 9.72 Å². The summed E-state index contributed by atoms with van der Waals surface area (Å²) in [5.41, 5.74) is 5.27. The number of aryl methyl sites for hydroxylation is 2. The van der Waals surface area contributed by atoms with Crippen molar-refractivity contribution in [1.29, 1.82) is 0 Å². The Morgan fingerprint density at radius 1 is 1.05 bits per heavy atom. The Balaban J connectivity index is 1.13. The average Bonchev–Trinajstić information content (AvgIpc) is 3.49. The van der Waals surface area contributed by atoms with Crippen LogP contribution >= 0.6 is 23.1 Å². The number of anilines is 1. The first kappa shape index (κ1) is 25.0. The van der Waals surface area contributed by atoms with Gasteiger partial charge in [-0.25, -0.2) is 4.98 Å². The number of hydrogen-bond acceptors (Lipinski definition) is 7. The van der Waals surface area contributed by atoms with Crippen molar-refractivity contribution in [2.24, 2.45) is 7.05 Å². The molecule has 0 fully saturated rings. The van der Waals surface area contributed by atoms with E-state index in [9.17, 15) is 4.79 Å². The molecule has 37 heavy (non-hydrogen) atoms. The Morgan fingerprint density at radius 3 is 2.59 bits per heavy atom. The van der Waals surface area contributed by atoms with Crippen molar-refractivity contribution in [3.05, 3.63) is 83.7 Å². The van der Waals surface area contributed by atoms with Gasteiger partial charge in [-0.2, -0.15) is 0 Å². The molecule has 0 atom stereocenters. The molecule has 1 N–H and O–H groups in total. The Kier molecular flexibility index (Phi) is 7.52. The number of nitrogens with one attached hydrogen (secondary N) is 1. The van der Waals surface area contributed by atoms with Crippen LogP contribution in [0, 0.1) is 6.92 Å². The molecular formula is C28H27N5O2S2. The van der Waals surface area contributed by atoms with Crippen LogP contribution in [0.3, 0.4) is 0 Å². The lowest BCUT2D eigenvalue weighted by Gasteiger charge is -2.08. The predicted octanol–water partition coefficient (Wildman–Crippen LogP) is 6.27. The number of rotatable bonds is 9. The highest BCUT2D eigenvalue weighted by Gasteiger charge is 2.13. The molecule has 2 heterocycles. The minimum Gasteiger partial charge on any atom is -0.486 e. The smallest absolute Gasteiger partial charge is 0.234 e. The number of carbonyl (C=O) groups excluding carboxylic acids is 1. The van der Waals surface area contributed by atoms with E-state index in [1.165, 1.54) is 27.6 Å². The largest absolute Gasteiger partial charge is 0.486 e. The molecule has 5 aromatic rings. The summed E-state index contributed by atoms with van der Waals surface area (Å²) in [4.78, 5) is 17.3. The monoisotopic (exact) mass is 529 g/mol. The second-order valence-corrected chi connectivity index (χ2v) is 10.6. The van der Waals surface area contributed by atoms with Gasteiger partial charge in [-0.05, 0) is 73.0 Å². The molecule has 5 rings (SSSR count). The van der Waals surface area contributed by atoms with Gasteiger partial charge in [0.05, 0.1) is 16.0 Å². The van der Waals surface area contributed by atoms with Gasteiger partial charge in [-0.15, -0.1) is 21.5 Å². The fourth-order valence-corrected chi connectivity index (χ4v) is 5.54. The van der Waals surface area contributed by atoms with E-state index < -0.39 is 0 Å². The standard InChI is InChI=1S/C28H27N5O2S2/c1-4-19-6-12-22(13-7-19)35-16-25-31-32-28(33(25)3)36-17-26(34)29-21-10-8-20(9-11-21)27-30-23-14-5-18(2)15-24(23)37-27/h5-15H,4,16-17H2,1-3H3,(H,29,34). The maximum absolute atomic E-state index is 12.5. The zero-order valence-corrected chi connectivity index (χ0v) is 22.5. The molecule has 9 heteroatoms. The van der Waals surface area contributed by atoms with Gasteiger partial charge in [-0.1, -0.05) is 36.9 Å². The third-order valence-corrected chi connectivity index (χ3v) is 8.00. The summed E-state index contributed by atoms with van der Waals surface area (Å²) in [7, 11) is 1.88. The van der Waals surface area contributed by atoms with E-state index in [0.29, 0.717) is 17.6 Å². The zero-order chi connectivity index (χ0) is 25.8. The number of hydrogen-bond donors (Lipinski definition) is 1. The fourth-order valence-electron chi connectivity index (χ4n) is 3.74. The number of nitrogens with zero attached hydrogens (tertiary/aromatic N) is 4. The predicted molar refractivity (Wildman–Crippen MR) is 150 cm³/mol. The molecule has 2 aromatic heterocycles. The molecule has 0 aliphatic carbocycles.